The highest BCUT2D eigenvalue weighted by molar-refractivity contribution is 5.94. The van der Waals surface area contributed by atoms with Gasteiger partial charge in [0.15, 0.2) is 0 Å². The number of aliphatic hydroxyl groups excluding tert-OH is 1. The molecule has 3 N–H and O–H groups in total. The summed E-state index contributed by atoms with van der Waals surface area (Å²) < 4.78 is 0. The van der Waals surface area contributed by atoms with Crippen LogP contribution >= 0.6 is 0 Å². The Morgan fingerprint density at radius 1 is 1.45 bits per heavy atom. The molecule has 1 heterocycles. The van der Waals surface area contributed by atoms with Gasteiger partial charge >= 0.3 is 6.03 Å². The second kappa shape index (κ2) is 5.92. The number of rotatable bonds is 2. The van der Waals surface area contributed by atoms with Crippen molar-refractivity contribution < 1.29 is 14.7 Å². The molecule has 2 rings (SSSR count). The number of benzene rings is 1. The molecular weight excluding hydrogens is 258 g/mol. The number of urea groups is 1. The van der Waals surface area contributed by atoms with Crippen molar-refractivity contribution in [1.82, 2.24) is 10.2 Å². The zero-order chi connectivity index (χ0) is 14.7. The third-order valence-electron chi connectivity index (χ3n) is 3.40. The van der Waals surface area contributed by atoms with E-state index in [-0.39, 0.29) is 11.9 Å². The maximum atomic E-state index is 12.1. The molecule has 0 spiro atoms. The number of hydrogen-bond acceptors (Lipinski definition) is 3. The summed E-state index contributed by atoms with van der Waals surface area (Å²) in [6, 6.07) is 6.21. The first kappa shape index (κ1) is 14.3. The SMILES string of the molecule is CC(O)c1ccc(NC(=O)N2CCNC(=O)C2C)cc1. The monoisotopic (exact) mass is 277 g/mol. The van der Waals surface area contributed by atoms with Gasteiger partial charge in [-0.15, -0.1) is 0 Å². The van der Waals surface area contributed by atoms with E-state index in [1.165, 1.54) is 4.90 Å². The minimum absolute atomic E-state index is 0.143. The second-order valence-corrected chi connectivity index (χ2v) is 4.89. The van der Waals surface area contributed by atoms with Crippen LogP contribution in [0.1, 0.15) is 25.5 Å². The van der Waals surface area contributed by atoms with Gasteiger partial charge in [0.2, 0.25) is 5.91 Å². The predicted octanol–water partition coefficient (Wildman–Crippen LogP) is 1.09. The van der Waals surface area contributed by atoms with Gasteiger partial charge in [0.25, 0.3) is 0 Å². The van der Waals surface area contributed by atoms with Crippen molar-refractivity contribution in [2.24, 2.45) is 0 Å². The zero-order valence-electron chi connectivity index (χ0n) is 11.6. The Bertz CT molecular complexity index is 499. The highest BCUT2D eigenvalue weighted by Gasteiger charge is 2.29. The fourth-order valence-corrected chi connectivity index (χ4v) is 2.10. The van der Waals surface area contributed by atoms with Crippen molar-refractivity contribution in [3.8, 4) is 0 Å². The van der Waals surface area contributed by atoms with Crippen LogP contribution in [0.4, 0.5) is 10.5 Å². The van der Waals surface area contributed by atoms with E-state index in [1.807, 2.05) is 0 Å². The zero-order valence-corrected chi connectivity index (χ0v) is 11.6. The average molecular weight is 277 g/mol. The van der Waals surface area contributed by atoms with Crippen LogP contribution in [0.15, 0.2) is 24.3 Å². The van der Waals surface area contributed by atoms with Crippen molar-refractivity contribution in [3.05, 3.63) is 29.8 Å². The van der Waals surface area contributed by atoms with E-state index in [4.69, 9.17) is 0 Å². The van der Waals surface area contributed by atoms with Crippen LogP contribution in [0.3, 0.4) is 0 Å². The van der Waals surface area contributed by atoms with E-state index < -0.39 is 12.1 Å². The van der Waals surface area contributed by atoms with Crippen molar-refractivity contribution >= 4 is 17.6 Å². The van der Waals surface area contributed by atoms with E-state index in [1.54, 1.807) is 38.1 Å². The van der Waals surface area contributed by atoms with Gasteiger partial charge in [-0.2, -0.15) is 0 Å². The summed E-state index contributed by atoms with van der Waals surface area (Å²) in [6.45, 7) is 4.34. The minimum atomic E-state index is -0.537. The van der Waals surface area contributed by atoms with Gasteiger partial charge in [-0.05, 0) is 31.5 Å². The number of amides is 3. The van der Waals surface area contributed by atoms with Crippen LogP contribution in [-0.2, 0) is 4.79 Å². The molecule has 3 amide bonds. The largest absolute Gasteiger partial charge is 0.389 e. The van der Waals surface area contributed by atoms with Crippen LogP contribution in [-0.4, -0.2) is 41.1 Å². The lowest BCUT2D eigenvalue weighted by molar-refractivity contribution is -0.126. The molecule has 1 saturated heterocycles. The normalized spacial score (nSPS) is 20.2. The molecule has 0 aromatic heterocycles. The van der Waals surface area contributed by atoms with Crippen molar-refractivity contribution in [2.75, 3.05) is 18.4 Å². The molecule has 0 saturated carbocycles. The molecule has 6 heteroatoms. The molecule has 2 unspecified atom stereocenters. The third kappa shape index (κ3) is 3.08. The van der Waals surface area contributed by atoms with Crippen LogP contribution in [0.25, 0.3) is 0 Å². The van der Waals surface area contributed by atoms with E-state index in [9.17, 15) is 14.7 Å². The summed E-state index contributed by atoms with van der Waals surface area (Å²) in [5.74, 6) is -0.143. The standard InChI is InChI=1S/C14H19N3O3/c1-9-13(19)15-7-8-17(9)14(20)16-12-5-3-11(4-6-12)10(2)18/h3-6,9-10,18H,7-8H2,1-2H3,(H,15,19)(H,16,20). The summed E-state index contributed by atoms with van der Waals surface area (Å²) in [5.41, 5.74) is 1.42. The summed E-state index contributed by atoms with van der Waals surface area (Å²) in [4.78, 5) is 25.1. The van der Waals surface area contributed by atoms with Crippen molar-refractivity contribution in [1.29, 1.82) is 0 Å². The molecule has 108 valence electrons. The number of carbonyl (C=O) groups is 2. The van der Waals surface area contributed by atoms with Gasteiger partial charge in [0.05, 0.1) is 6.10 Å². The van der Waals surface area contributed by atoms with E-state index in [0.717, 1.165) is 5.56 Å². The van der Waals surface area contributed by atoms with E-state index in [2.05, 4.69) is 10.6 Å². The molecule has 2 atom stereocenters. The Morgan fingerprint density at radius 3 is 2.70 bits per heavy atom. The number of carbonyl (C=O) groups excluding carboxylic acids is 2. The maximum absolute atomic E-state index is 12.1. The smallest absolute Gasteiger partial charge is 0.322 e. The van der Waals surface area contributed by atoms with Gasteiger partial charge < -0.3 is 20.6 Å². The van der Waals surface area contributed by atoms with Crippen LogP contribution in [0, 0.1) is 0 Å². The van der Waals surface area contributed by atoms with Gasteiger partial charge in [0.1, 0.15) is 6.04 Å². The van der Waals surface area contributed by atoms with E-state index >= 15 is 0 Å². The Labute approximate surface area is 117 Å². The molecule has 6 nitrogen and oxygen atoms in total. The fourth-order valence-electron chi connectivity index (χ4n) is 2.10. The Kier molecular flexibility index (Phi) is 4.24. The van der Waals surface area contributed by atoms with E-state index in [0.29, 0.717) is 18.8 Å². The fraction of sp³-hybridized carbons (Fsp3) is 0.429. The van der Waals surface area contributed by atoms with Gasteiger partial charge in [0, 0.05) is 18.8 Å². The Hall–Kier alpha value is -2.08. The molecule has 0 aliphatic carbocycles. The molecule has 0 radical (unpaired) electrons. The van der Waals surface area contributed by atoms with Crippen LogP contribution < -0.4 is 10.6 Å². The lowest BCUT2D eigenvalue weighted by Gasteiger charge is -2.32. The third-order valence-corrected chi connectivity index (χ3v) is 3.40. The first-order chi connectivity index (χ1) is 9.49. The predicted molar refractivity (Wildman–Crippen MR) is 75.3 cm³/mol. The van der Waals surface area contributed by atoms with Gasteiger partial charge in [-0.1, -0.05) is 12.1 Å². The van der Waals surface area contributed by atoms with Crippen LogP contribution in [0.2, 0.25) is 0 Å². The summed E-state index contributed by atoms with van der Waals surface area (Å²) in [6.07, 6.45) is -0.537. The molecule has 0 bridgehead atoms. The number of piperazine rings is 1. The molecule has 1 aromatic rings. The highest BCUT2D eigenvalue weighted by atomic mass is 16.3. The topological polar surface area (TPSA) is 81.7 Å². The number of nitrogens with one attached hydrogen (secondary N) is 2. The molecular formula is C14H19N3O3. The van der Waals surface area contributed by atoms with Gasteiger partial charge in [-0.25, -0.2) is 4.79 Å². The lowest BCUT2D eigenvalue weighted by Crippen LogP contribution is -2.56. The number of hydrogen-bond donors (Lipinski definition) is 3. The quantitative estimate of drug-likeness (QED) is 0.757. The number of aliphatic hydroxyl groups is 1. The first-order valence-corrected chi connectivity index (χ1v) is 6.62. The number of nitrogens with zero attached hydrogens (tertiary/aromatic N) is 1. The van der Waals surface area contributed by atoms with Gasteiger partial charge in [-0.3, -0.25) is 4.79 Å². The molecule has 1 aliphatic heterocycles. The summed E-state index contributed by atoms with van der Waals surface area (Å²) >= 11 is 0. The molecule has 1 fully saturated rings. The van der Waals surface area contributed by atoms with Crippen molar-refractivity contribution in [2.45, 2.75) is 26.0 Å². The average Bonchev–Trinajstić information content (AvgIpc) is 2.42. The Balaban J connectivity index is 2.02. The molecule has 1 aromatic carbocycles. The highest BCUT2D eigenvalue weighted by Crippen LogP contribution is 2.16. The summed E-state index contributed by atoms with van der Waals surface area (Å²) in [7, 11) is 0. The minimum Gasteiger partial charge on any atom is -0.389 e. The Morgan fingerprint density at radius 2 is 2.10 bits per heavy atom. The molecule has 1 aliphatic rings. The van der Waals surface area contributed by atoms with Crippen molar-refractivity contribution in [3.63, 3.8) is 0 Å². The summed E-state index contributed by atoms with van der Waals surface area (Å²) in [5, 5.41) is 14.9. The maximum Gasteiger partial charge on any atom is 0.322 e. The lowest BCUT2D eigenvalue weighted by atomic mass is 10.1. The molecule has 20 heavy (non-hydrogen) atoms. The van der Waals surface area contributed by atoms with Crippen LogP contribution in [0.5, 0.6) is 0 Å². The second-order valence-electron chi connectivity index (χ2n) is 4.89. The number of anilines is 1. The first-order valence-electron chi connectivity index (χ1n) is 6.62.